The number of methoxy groups -OCH3 is 1. The number of halogens is 1. The van der Waals surface area contributed by atoms with Crippen LogP contribution in [0.1, 0.15) is 16.7 Å². The van der Waals surface area contributed by atoms with Crippen LogP contribution in [0.3, 0.4) is 0 Å². The van der Waals surface area contributed by atoms with Crippen LogP contribution in [0.2, 0.25) is 0 Å². The number of carbonyl (C=O) groups excluding carboxylic acids is 1. The van der Waals surface area contributed by atoms with Crippen LogP contribution in [0.25, 0.3) is 0 Å². The maximum atomic E-state index is 12.1. The minimum atomic E-state index is -0.488. The van der Waals surface area contributed by atoms with E-state index in [2.05, 4.69) is 26.5 Å². The SMILES string of the molecule is COc1cc(/C=N\NC(=O)Cc2ccc([N+](=O)[O-])cc2)cc(Br)c1OCc1ccccc1. The lowest BCUT2D eigenvalue weighted by Gasteiger charge is -2.13. The highest BCUT2D eigenvalue weighted by molar-refractivity contribution is 9.10. The van der Waals surface area contributed by atoms with Crippen LogP contribution in [0.4, 0.5) is 5.69 Å². The molecule has 1 amide bonds. The number of nitrogens with zero attached hydrogens (tertiary/aromatic N) is 2. The summed E-state index contributed by atoms with van der Waals surface area (Å²) < 4.78 is 12.0. The van der Waals surface area contributed by atoms with Gasteiger partial charge >= 0.3 is 0 Å². The van der Waals surface area contributed by atoms with E-state index in [1.807, 2.05) is 30.3 Å². The number of benzene rings is 3. The molecular formula is C23H20BrN3O5. The first-order chi connectivity index (χ1) is 15.5. The highest BCUT2D eigenvalue weighted by atomic mass is 79.9. The minimum Gasteiger partial charge on any atom is -0.493 e. The number of nitrogens with one attached hydrogen (secondary N) is 1. The van der Waals surface area contributed by atoms with Gasteiger partial charge in [-0.25, -0.2) is 5.43 Å². The highest BCUT2D eigenvalue weighted by Gasteiger charge is 2.12. The zero-order valence-electron chi connectivity index (χ0n) is 17.2. The Balaban J connectivity index is 1.60. The van der Waals surface area contributed by atoms with E-state index in [1.54, 1.807) is 19.2 Å². The molecule has 0 aliphatic rings. The molecule has 8 nitrogen and oxygen atoms in total. The summed E-state index contributed by atoms with van der Waals surface area (Å²) >= 11 is 3.49. The van der Waals surface area contributed by atoms with Crippen LogP contribution in [0.5, 0.6) is 11.5 Å². The molecule has 3 rings (SSSR count). The zero-order chi connectivity index (χ0) is 22.9. The number of hydrogen-bond donors (Lipinski definition) is 1. The standard InChI is InChI=1S/C23H20BrN3O5/c1-31-21-12-18(11-20(24)23(21)32-15-17-5-3-2-4-6-17)14-25-26-22(28)13-16-7-9-19(10-8-16)27(29)30/h2-12,14H,13,15H2,1H3,(H,26,28)/b25-14-. The molecule has 1 N–H and O–H groups in total. The lowest BCUT2D eigenvalue weighted by Crippen LogP contribution is -2.19. The van der Waals surface area contributed by atoms with Gasteiger partial charge in [-0.3, -0.25) is 14.9 Å². The summed E-state index contributed by atoms with van der Waals surface area (Å²) in [4.78, 5) is 22.3. The summed E-state index contributed by atoms with van der Waals surface area (Å²) in [6.07, 6.45) is 1.54. The number of nitro benzene ring substituents is 1. The first-order valence-electron chi connectivity index (χ1n) is 9.55. The molecule has 3 aromatic rings. The van der Waals surface area contributed by atoms with Gasteiger partial charge in [-0.05, 0) is 44.8 Å². The quantitative estimate of drug-likeness (QED) is 0.263. The smallest absolute Gasteiger partial charge is 0.269 e. The summed E-state index contributed by atoms with van der Waals surface area (Å²) in [7, 11) is 1.55. The minimum absolute atomic E-state index is 0.0251. The van der Waals surface area contributed by atoms with Gasteiger partial charge in [-0.1, -0.05) is 42.5 Å². The van der Waals surface area contributed by atoms with Crippen LogP contribution in [-0.4, -0.2) is 24.2 Å². The Morgan fingerprint density at radius 3 is 2.50 bits per heavy atom. The van der Waals surface area contributed by atoms with Crippen molar-refractivity contribution < 1.29 is 19.2 Å². The Bertz CT molecular complexity index is 1120. The Morgan fingerprint density at radius 1 is 1.12 bits per heavy atom. The van der Waals surface area contributed by atoms with Crippen molar-refractivity contribution in [2.75, 3.05) is 7.11 Å². The van der Waals surface area contributed by atoms with Crippen LogP contribution in [0, 0.1) is 10.1 Å². The third-order valence-electron chi connectivity index (χ3n) is 4.39. The molecule has 0 heterocycles. The summed E-state index contributed by atoms with van der Waals surface area (Å²) in [6, 6.07) is 19.1. The number of carbonyl (C=O) groups is 1. The lowest BCUT2D eigenvalue weighted by atomic mass is 10.1. The highest BCUT2D eigenvalue weighted by Crippen LogP contribution is 2.36. The second kappa shape index (κ2) is 11.1. The second-order valence-corrected chi connectivity index (χ2v) is 7.56. The van der Waals surface area contributed by atoms with Crippen molar-refractivity contribution in [1.29, 1.82) is 0 Å². The predicted molar refractivity (Wildman–Crippen MR) is 124 cm³/mol. The number of amides is 1. The lowest BCUT2D eigenvalue weighted by molar-refractivity contribution is -0.384. The van der Waals surface area contributed by atoms with Crippen molar-refractivity contribution in [3.63, 3.8) is 0 Å². The van der Waals surface area contributed by atoms with Gasteiger partial charge in [0.25, 0.3) is 5.69 Å². The molecule has 0 radical (unpaired) electrons. The normalized spacial score (nSPS) is 10.7. The third-order valence-corrected chi connectivity index (χ3v) is 4.98. The van der Waals surface area contributed by atoms with Crippen LogP contribution >= 0.6 is 15.9 Å². The Labute approximate surface area is 193 Å². The molecule has 0 atom stereocenters. The van der Waals surface area contributed by atoms with Crippen molar-refractivity contribution in [3.05, 3.63) is 98.0 Å². The van der Waals surface area contributed by atoms with Crippen LogP contribution in [-0.2, 0) is 17.8 Å². The Morgan fingerprint density at radius 2 is 1.84 bits per heavy atom. The number of hydrogen-bond acceptors (Lipinski definition) is 6. The average molecular weight is 498 g/mol. The summed E-state index contributed by atoms with van der Waals surface area (Å²) in [5.74, 6) is 0.744. The molecule has 0 aliphatic carbocycles. The number of rotatable bonds is 9. The van der Waals surface area contributed by atoms with Crippen molar-refractivity contribution in [2.45, 2.75) is 13.0 Å². The van der Waals surface area contributed by atoms with Gasteiger partial charge < -0.3 is 9.47 Å². The zero-order valence-corrected chi connectivity index (χ0v) is 18.7. The monoisotopic (exact) mass is 497 g/mol. The number of non-ortho nitro benzene ring substituents is 1. The van der Waals surface area contributed by atoms with Gasteiger partial charge in [0.05, 0.1) is 29.1 Å². The van der Waals surface area contributed by atoms with Crippen LogP contribution < -0.4 is 14.9 Å². The molecule has 0 fully saturated rings. The summed E-state index contributed by atoms with van der Waals surface area (Å²) in [5.41, 5.74) is 4.79. The maximum absolute atomic E-state index is 12.1. The number of ether oxygens (including phenoxy) is 2. The molecule has 0 aromatic heterocycles. The van der Waals surface area contributed by atoms with Crippen molar-refractivity contribution >= 4 is 33.7 Å². The van der Waals surface area contributed by atoms with E-state index in [4.69, 9.17) is 9.47 Å². The topological polar surface area (TPSA) is 103 Å². The molecule has 0 spiro atoms. The third kappa shape index (κ3) is 6.39. The molecule has 0 bridgehead atoms. The van der Waals surface area contributed by atoms with E-state index in [0.29, 0.717) is 33.7 Å². The number of nitro groups is 1. The van der Waals surface area contributed by atoms with Gasteiger partial charge in [0.1, 0.15) is 6.61 Å². The van der Waals surface area contributed by atoms with E-state index in [-0.39, 0.29) is 18.0 Å². The second-order valence-electron chi connectivity index (χ2n) is 6.70. The number of hydrazone groups is 1. The molecule has 0 saturated carbocycles. The van der Waals surface area contributed by atoms with Gasteiger partial charge in [-0.15, -0.1) is 0 Å². The van der Waals surface area contributed by atoms with E-state index < -0.39 is 4.92 Å². The average Bonchev–Trinajstić information content (AvgIpc) is 2.79. The molecule has 0 unspecified atom stereocenters. The van der Waals surface area contributed by atoms with E-state index >= 15 is 0 Å². The van der Waals surface area contributed by atoms with Gasteiger partial charge in [0.2, 0.25) is 5.91 Å². The van der Waals surface area contributed by atoms with E-state index in [1.165, 1.54) is 30.5 Å². The summed E-state index contributed by atoms with van der Waals surface area (Å²) in [6.45, 7) is 0.391. The fourth-order valence-corrected chi connectivity index (χ4v) is 3.40. The summed E-state index contributed by atoms with van der Waals surface area (Å²) in [5, 5.41) is 14.7. The molecule has 3 aromatic carbocycles. The molecular weight excluding hydrogens is 478 g/mol. The van der Waals surface area contributed by atoms with Gasteiger partial charge in [0.15, 0.2) is 11.5 Å². The fraction of sp³-hybridized carbons (Fsp3) is 0.130. The van der Waals surface area contributed by atoms with Crippen LogP contribution in [0.15, 0.2) is 76.3 Å². The van der Waals surface area contributed by atoms with E-state index in [0.717, 1.165) is 5.56 Å². The largest absolute Gasteiger partial charge is 0.493 e. The van der Waals surface area contributed by atoms with Crippen molar-refractivity contribution in [2.24, 2.45) is 5.10 Å². The van der Waals surface area contributed by atoms with Gasteiger partial charge in [0, 0.05) is 12.1 Å². The fourth-order valence-electron chi connectivity index (χ4n) is 2.82. The van der Waals surface area contributed by atoms with Crippen molar-refractivity contribution in [3.8, 4) is 11.5 Å². The first kappa shape index (κ1) is 23.0. The van der Waals surface area contributed by atoms with Gasteiger partial charge in [-0.2, -0.15) is 5.10 Å². The maximum Gasteiger partial charge on any atom is 0.269 e. The molecule has 9 heteroatoms. The van der Waals surface area contributed by atoms with E-state index in [9.17, 15) is 14.9 Å². The Hall–Kier alpha value is -3.72. The predicted octanol–water partition coefficient (Wildman–Crippen LogP) is 4.64. The molecule has 164 valence electrons. The molecule has 0 aliphatic heterocycles. The molecule has 0 saturated heterocycles. The Kier molecular flexibility index (Phi) is 7.93. The molecule has 32 heavy (non-hydrogen) atoms. The van der Waals surface area contributed by atoms with Crippen molar-refractivity contribution in [1.82, 2.24) is 5.43 Å². The first-order valence-corrected chi connectivity index (χ1v) is 10.3.